The molecule has 0 aliphatic carbocycles. The molecule has 0 aromatic carbocycles. The van der Waals surface area contributed by atoms with Gasteiger partial charge in [0.15, 0.2) is 0 Å². The molecule has 1 nitrogen and oxygen atoms in total. The number of nitrogens with zero attached hydrogens (tertiary/aromatic N) is 1. The maximum Gasteiger partial charge on any atom is 2.00 e. The zero-order chi connectivity index (χ0) is 5.70. The van der Waals surface area contributed by atoms with E-state index in [2.05, 4.69) is 4.90 Å². The summed E-state index contributed by atoms with van der Waals surface area (Å²) < 4.78 is 0. The van der Waals surface area contributed by atoms with Crippen molar-refractivity contribution in [1.82, 2.24) is 4.90 Å². The monoisotopic (exact) mass is 147 g/mol. The normalized spacial score (nSPS) is 9.00. The second-order valence-corrected chi connectivity index (χ2v) is 2.22. The van der Waals surface area contributed by atoms with Gasteiger partial charge in [-0.1, -0.05) is 0 Å². The van der Waals surface area contributed by atoms with Gasteiger partial charge in [0.25, 0.3) is 0 Å². The Bertz CT molecular complexity index is 48.6. The third-order valence-electron chi connectivity index (χ3n) is 0.739. The quantitative estimate of drug-likeness (QED) is 0.426. The summed E-state index contributed by atoms with van der Waals surface area (Å²) in [6.07, 6.45) is 1.09. The van der Waals surface area contributed by atoms with Gasteiger partial charge in [0.1, 0.15) is 0 Å². The number of halogens is 1. The van der Waals surface area contributed by atoms with Gasteiger partial charge in [0.05, 0.1) is 0 Å². The predicted octanol–water partition coefficient (Wildman–Crippen LogP) is 1.02. The molecule has 0 saturated heterocycles. The van der Waals surface area contributed by atoms with Crippen molar-refractivity contribution in [3.05, 3.63) is 0 Å². The van der Waals surface area contributed by atoms with E-state index in [1.54, 1.807) is 0 Å². The van der Waals surface area contributed by atoms with E-state index < -0.39 is 0 Å². The molecule has 0 aliphatic rings. The first kappa shape index (κ1) is 11.8. The Labute approximate surface area is 75.5 Å². The van der Waals surface area contributed by atoms with Crippen molar-refractivity contribution >= 4 is 34.7 Å². The van der Waals surface area contributed by atoms with Gasteiger partial charge in [-0.15, -0.1) is 11.6 Å². The second-order valence-electron chi connectivity index (χ2n) is 1.85. The summed E-state index contributed by atoms with van der Waals surface area (Å²) in [5, 5.41) is 0. The van der Waals surface area contributed by atoms with Gasteiger partial charge in [0, 0.05) is 5.88 Å². The topological polar surface area (TPSA) is 3.24 Å². The van der Waals surface area contributed by atoms with Crippen LogP contribution in [0, 0.1) is 0 Å². The molecule has 0 radical (unpaired) electrons. The molecular weight excluding hydrogens is 134 g/mol. The summed E-state index contributed by atoms with van der Waals surface area (Å²) in [7, 11) is 4.10. The minimum Gasteiger partial charge on any atom is -1.00 e. The van der Waals surface area contributed by atoms with Crippen LogP contribution in [0.25, 0.3) is 0 Å². The van der Waals surface area contributed by atoms with Crippen LogP contribution < -0.4 is 0 Å². The molecule has 0 aliphatic heterocycles. The Morgan fingerprint density at radius 2 is 2.00 bits per heavy atom. The molecule has 0 bridgehead atoms. The Hall–Kier alpha value is 1.02. The van der Waals surface area contributed by atoms with Gasteiger partial charge in [-0.2, -0.15) is 0 Å². The fraction of sp³-hybridized carbons (Fsp3) is 1.00. The number of hydrogen-bond acceptors (Lipinski definition) is 1. The first-order valence-electron chi connectivity index (χ1n) is 2.48. The molecule has 0 atom stereocenters. The van der Waals surface area contributed by atoms with Gasteiger partial charge in [-0.25, -0.2) is 0 Å². The van der Waals surface area contributed by atoms with Crippen LogP contribution in [0.15, 0.2) is 0 Å². The smallest absolute Gasteiger partial charge is 1.00 e. The number of rotatable bonds is 3. The zero-order valence-electron chi connectivity index (χ0n) is 7.65. The van der Waals surface area contributed by atoms with Crippen molar-refractivity contribution in [2.75, 3.05) is 26.5 Å². The summed E-state index contributed by atoms with van der Waals surface area (Å²) in [5.74, 6) is 0.776. The molecule has 0 N–H and O–H groups in total. The van der Waals surface area contributed by atoms with Crippen molar-refractivity contribution in [3.8, 4) is 0 Å². The first-order chi connectivity index (χ1) is 3.27. The van der Waals surface area contributed by atoms with Crippen molar-refractivity contribution < 1.29 is 2.85 Å². The minimum absolute atomic E-state index is 0. The molecule has 0 rings (SSSR count). The van der Waals surface area contributed by atoms with E-state index in [4.69, 9.17) is 11.6 Å². The summed E-state index contributed by atoms with van der Waals surface area (Å²) in [5.41, 5.74) is 0. The zero-order valence-corrected chi connectivity index (χ0v) is 7.82. The van der Waals surface area contributed by atoms with E-state index in [1.165, 1.54) is 0 Å². The van der Waals surface area contributed by atoms with Gasteiger partial charge in [-0.3, -0.25) is 0 Å². The van der Waals surface area contributed by atoms with Gasteiger partial charge >= 0.3 is 23.1 Å². The number of alkyl halides is 1. The van der Waals surface area contributed by atoms with Crippen LogP contribution in [-0.4, -0.2) is 54.5 Å². The summed E-state index contributed by atoms with van der Waals surface area (Å²) >= 11 is 5.42. The fourth-order valence-corrected chi connectivity index (χ4v) is 0.496. The summed E-state index contributed by atoms with van der Waals surface area (Å²) in [6.45, 7) is 1.10. The molecule has 0 unspecified atom stereocenters. The van der Waals surface area contributed by atoms with Crippen molar-refractivity contribution in [2.24, 2.45) is 0 Å². The van der Waals surface area contributed by atoms with Crippen LogP contribution >= 0.6 is 11.6 Å². The molecule has 48 valence electrons. The Morgan fingerprint density at radius 3 is 2.12 bits per heavy atom. The molecule has 0 fully saturated rings. The van der Waals surface area contributed by atoms with Crippen LogP contribution in [0.2, 0.25) is 0 Å². The standard InChI is InChI=1S/C5H12ClN.Mg.2H/c1-7(2)5-3-4-6;;;/h3-5H2,1-2H3;;;/q;+2;2*-1. The number of hydrogen-bond donors (Lipinski definition) is 0. The minimum atomic E-state index is 0. The third-order valence-corrected chi connectivity index (χ3v) is 1.01. The van der Waals surface area contributed by atoms with Crippen molar-refractivity contribution in [2.45, 2.75) is 6.42 Å². The maximum atomic E-state index is 5.42. The van der Waals surface area contributed by atoms with Crippen LogP contribution in [-0.2, 0) is 0 Å². The molecular formula is C5H14ClMgN. The summed E-state index contributed by atoms with van der Waals surface area (Å²) in [6, 6.07) is 0. The van der Waals surface area contributed by atoms with E-state index in [0.29, 0.717) is 0 Å². The van der Waals surface area contributed by atoms with E-state index >= 15 is 0 Å². The molecule has 0 spiro atoms. The van der Waals surface area contributed by atoms with E-state index in [9.17, 15) is 0 Å². The van der Waals surface area contributed by atoms with Crippen molar-refractivity contribution in [1.29, 1.82) is 0 Å². The molecule has 0 heterocycles. The van der Waals surface area contributed by atoms with Crippen LogP contribution in [0.1, 0.15) is 9.27 Å². The van der Waals surface area contributed by atoms with Crippen LogP contribution in [0.4, 0.5) is 0 Å². The van der Waals surface area contributed by atoms with Gasteiger partial charge < -0.3 is 7.75 Å². The maximum absolute atomic E-state index is 5.42. The average molecular weight is 148 g/mol. The van der Waals surface area contributed by atoms with E-state index in [0.717, 1.165) is 18.8 Å². The summed E-state index contributed by atoms with van der Waals surface area (Å²) in [4.78, 5) is 2.13. The molecule has 8 heavy (non-hydrogen) atoms. The van der Waals surface area contributed by atoms with Crippen molar-refractivity contribution in [3.63, 3.8) is 0 Å². The molecule has 0 saturated carbocycles. The molecule has 0 aromatic rings. The third kappa shape index (κ3) is 10.1. The Balaban J connectivity index is -0.0000000600. The van der Waals surface area contributed by atoms with Gasteiger partial charge in [0.2, 0.25) is 0 Å². The van der Waals surface area contributed by atoms with Crippen LogP contribution in [0.5, 0.6) is 0 Å². The predicted molar refractivity (Wildman–Crippen MR) is 41.9 cm³/mol. The first-order valence-corrected chi connectivity index (χ1v) is 3.01. The molecule has 0 aromatic heterocycles. The van der Waals surface area contributed by atoms with E-state index in [-0.39, 0.29) is 25.9 Å². The Kier molecular flexibility index (Phi) is 11.8. The SMILES string of the molecule is CN(C)CCCCl.[H-].[H-].[Mg+2]. The second kappa shape index (κ2) is 8.02. The largest absolute Gasteiger partial charge is 2.00 e. The average Bonchev–Trinajstić information content (AvgIpc) is 1.61. The molecule has 0 amide bonds. The van der Waals surface area contributed by atoms with Gasteiger partial charge in [-0.05, 0) is 27.1 Å². The molecule has 3 heteroatoms. The fourth-order valence-electron chi connectivity index (χ4n) is 0.376. The Morgan fingerprint density at radius 1 is 1.50 bits per heavy atom. The van der Waals surface area contributed by atoms with Crippen LogP contribution in [0.3, 0.4) is 0 Å². The van der Waals surface area contributed by atoms with E-state index in [1.807, 2.05) is 14.1 Å².